The maximum Gasteiger partial charge on any atom is 0.337 e. The number of benzene rings is 1. The van der Waals surface area contributed by atoms with E-state index in [1.807, 2.05) is 12.1 Å². The molecule has 2 aromatic heterocycles. The molecule has 21 heavy (non-hydrogen) atoms. The van der Waals surface area contributed by atoms with Crippen LogP contribution in [0, 0.1) is 0 Å². The van der Waals surface area contributed by atoms with Crippen LogP contribution in [0.4, 0.5) is 0 Å². The summed E-state index contributed by atoms with van der Waals surface area (Å²) in [5.74, 6) is 0.142. The summed E-state index contributed by atoms with van der Waals surface area (Å²) in [6, 6.07) is 11.3. The second-order valence-corrected chi connectivity index (χ2v) is 5.25. The minimum Gasteiger partial charge on any atom is -0.478 e. The highest BCUT2D eigenvalue weighted by Gasteiger charge is 2.11. The Morgan fingerprint density at radius 2 is 1.81 bits per heavy atom. The van der Waals surface area contributed by atoms with E-state index in [-0.39, 0.29) is 5.56 Å². The number of carbonyl (C=O) groups is 1. The average molecular weight is 281 g/mol. The SMILES string of the molecule is CC(C)c1ccc(-c2nnc3ccc(C(=O)O)cn23)cc1. The third kappa shape index (κ3) is 2.38. The van der Waals surface area contributed by atoms with E-state index in [9.17, 15) is 4.79 Å². The van der Waals surface area contributed by atoms with Gasteiger partial charge in [0.2, 0.25) is 0 Å². The second kappa shape index (κ2) is 5.01. The first-order valence-corrected chi connectivity index (χ1v) is 6.74. The molecule has 106 valence electrons. The van der Waals surface area contributed by atoms with Gasteiger partial charge in [-0.15, -0.1) is 10.2 Å². The number of hydrogen-bond acceptors (Lipinski definition) is 3. The van der Waals surface area contributed by atoms with Gasteiger partial charge in [-0.25, -0.2) is 4.79 Å². The van der Waals surface area contributed by atoms with Gasteiger partial charge in [-0.05, 0) is 23.6 Å². The molecule has 2 heterocycles. The Bertz CT molecular complexity index is 804. The standard InChI is InChI=1S/C16H15N3O2/c1-10(2)11-3-5-12(6-4-11)15-18-17-14-8-7-13(16(20)21)9-19(14)15/h3-10H,1-2H3,(H,20,21). The van der Waals surface area contributed by atoms with Crippen LogP contribution in [-0.2, 0) is 0 Å². The van der Waals surface area contributed by atoms with Crippen LogP contribution in [0.1, 0.15) is 35.7 Å². The van der Waals surface area contributed by atoms with E-state index in [0.717, 1.165) is 5.56 Å². The van der Waals surface area contributed by atoms with E-state index >= 15 is 0 Å². The van der Waals surface area contributed by atoms with Crippen molar-refractivity contribution in [2.75, 3.05) is 0 Å². The van der Waals surface area contributed by atoms with Crippen molar-refractivity contribution in [3.05, 3.63) is 53.7 Å². The fraction of sp³-hybridized carbons (Fsp3) is 0.188. The van der Waals surface area contributed by atoms with Crippen molar-refractivity contribution in [3.63, 3.8) is 0 Å². The molecule has 0 aliphatic heterocycles. The smallest absolute Gasteiger partial charge is 0.337 e. The molecule has 3 rings (SSSR count). The first-order valence-electron chi connectivity index (χ1n) is 6.74. The highest BCUT2D eigenvalue weighted by atomic mass is 16.4. The van der Waals surface area contributed by atoms with Crippen molar-refractivity contribution in [1.29, 1.82) is 0 Å². The number of carboxylic acids is 1. The molecule has 3 aromatic rings. The maximum atomic E-state index is 11.1. The lowest BCUT2D eigenvalue weighted by atomic mass is 10.0. The lowest BCUT2D eigenvalue weighted by Crippen LogP contribution is -1.99. The summed E-state index contributed by atoms with van der Waals surface area (Å²) in [6.07, 6.45) is 1.54. The maximum absolute atomic E-state index is 11.1. The van der Waals surface area contributed by atoms with Crippen LogP contribution in [0.25, 0.3) is 17.0 Å². The molecular weight excluding hydrogens is 266 g/mol. The largest absolute Gasteiger partial charge is 0.478 e. The van der Waals surface area contributed by atoms with Gasteiger partial charge in [0.1, 0.15) is 0 Å². The average Bonchev–Trinajstić information content (AvgIpc) is 2.90. The molecule has 5 heteroatoms. The molecule has 0 aliphatic rings. The minimum absolute atomic E-state index is 0.211. The number of pyridine rings is 1. The number of aromatic carboxylic acids is 1. The molecule has 0 aliphatic carbocycles. The van der Waals surface area contributed by atoms with E-state index in [4.69, 9.17) is 5.11 Å². The summed E-state index contributed by atoms with van der Waals surface area (Å²) in [5, 5.41) is 17.3. The number of carboxylic acid groups (broad SMARTS) is 1. The topological polar surface area (TPSA) is 67.5 Å². The van der Waals surface area contributed by atoms with Crippen LogP contribution >= 0.6 is 0 Å². The van der Waals surface area contributed by atoms with Gasteiger partial charge in [-0.1, -0.05) is 38.1 Å². The molecule has 0 amide bonds. The Balaban J connectivity index is 2.11. The van der Waals surface area contributed by atoms with Crippen molar-refractivity contribution < 1.29 is 9.90 Å². The van der Waals surface area contributed by atoms with Crippen molar-refractivity contribution in [3.8, 4) is 11.4 Å². The Kier molecular flexibility index (Phi) is 3.17. The number of fused-ring (bicyclic) bond motifs is 1. The molecule has 0 spiro atoms. The lowest BCUT2D eigenvalue weighted by molar-refractivity contribution is 0.0696. The molecule has 0 saturated heterocycles. The predicted octanol–water partition coefficient (Wildman–Crippen LogP) is 3.22. The molecule has 0 unspecified atom stereocenters. The zero-order chi connectivity index (χ0) is 15.0. The van der Waals surface area contributed by atoms with E-state index < -0.39 is 5.97 Å². The first-order chi connectivity index (χ1) is 10.1. The lowest BCUT2D eigenvalue weighted by Gasteiger charge is -2.06. The molecule has 0 fully saturated rings. The van der Waals surface area contributed by atoms with Gasteiger partial charge in [0.15, 0.2) is 11.5 Å². The molecule has 0 saturated carbocycles. The van der Waals surface area contributed by atoms with Crippen molar-refractivity contribution in [2.45, 2.75) is 19.8 Å². The second-order valence-electron chi connectivity index (χ2n) is 5.25. The van der Waals surface area contributed by atoms with Crippen LogP contribution in [0.5, 0.6) is 0 Å². The van der Waals surface area contributed by atoms with Gasteiger partial charge in [0.05, 0.1) is 5.56 Å². The van der Waals surface area contributed by atoms with E-state index in [1.54, 1.807) is 16.7 Å². The Labute approximate surface area is 121 Å². The Hall–Kier alpha value is -2.69. The minimum atomic E-state index is -0.966. The summed E-state index contributed by atoms with van der Waals surface area (Å²) >= 11 is 0. The Morgan fingerprint density at radius 3 is 2.43 bits per heavy atom. The predicted molar refractivity (Wildman–Crippen MR) is 79.5 cm³/mol. The normalized spacial score (nSPS) is 11.2. The van der Waals surface area contributed by atoms with Crippen LogP contribution in [-0.4, -0.2) is 25.7 Å². The molecular formula is C16H15N3O2. The van der Waals surface area contributed by atoms with E-state index in [0.29, 0.717) is 17.4 Å². The van der Waals surface area contributed by atoms with Crippen LogP contribution in [0.15, 0.2) is 42.6 Å². The first kappa shape index (κ1) is 13.3. The molecule has 5 nitrogen and oxygen atoms in total. The van der Waals surface area contributed by atoms with E-state index in [2.05, 4.69) is 36.2 Å². The highest BCUT2D eigenvalue weighted by Crippen LogP contribution is 2.22. The summed E-state index contributed by atoms with van der Waals surface area (Å²) in [6.45, 7) is 4.28. The molecule has 0 atom stereocenters. The van der Waals surface area contributed by atoms with Crippen molar-refractivity contribution >= 4 is 11.6 Å². The van der Waals surface area contributed by atoms with Gasteiger partial charge in [0, 0.05) is 11.8 Å². The monoisotopic (exact) mass is 281 g/mol. The highest BCUT2D eigenvalue weighted by molar-refractivity contribution is 5.87. The number of hydrogen-bond donors (Lipinski definition) is 1. The van der Waals surface area contributed by atoms with E-state index in [1.165, 1.54) is 11.6 Å². The molecule has 0 radical (unpaired) electrons. The van der Waals surface area contributed by atoms with Gasteiger partial charge in [-0.3, -0.25) is 4.40 Å². The fourth-order valence-corrected chi connectivity index (χ4v) is 2.23. The van der Waals surface area contributed by atoms with Crippen LogP contribution < -0.4 is 0 Å². The molecule has 1 N–H and O–H groups in total. The fourth-order valence-electron chi connectivity index (χ4n) is 2.23. The quantitative estimate of drug-likeness (QED) is 0.800. The number of aromatic nitrogens is 3. The third-order valence-corrected chi connectivity index (χ3v) is 3.48. The summed E-state index contributed by atoms with van der Waals surface area (Å²) in [7, 11) is 0. The number of nitrogens with zero attached hydrogens (tertiary/aromatic N) is 3. The van der Waals surface area contributed by atoms with Gasteiger partial charge < -0.3 is 5.11 Å². The number of rotatable bonds is 3. The molecule has 1 aromatic carbocycles. The summed E-state index contributed by atoms with van der Waals surface area (Å²) in [4.78, 5) is 11.1. The zero-order valence-corrected chi connectivity index (χ0v) is 11.8. The third-order valence-electron chi connectivity index (χ3n) is 3.48. The Morgan fingerprint density at radius 1 is 1.10 bits per heavy atom. The van der Waals surface area contributed by atoms with Gasteiger partial charge in [0.25, 0.3) is 0 Å². The summed E-state index contributed by atoms with van der Waals surface area (Å²) in [5.41, 5.74) is 3.00. The molecule has 0 bridgehead atoms. The summed E-state index contributed by atoms with van der Waals surface area (Å²) < 4.78 is 1.70. The van der Waals surface area contributed by atoms with Gasteiger partial charge >= 0.3 is 5.97 Å². The van der Waals surface area contributed by atoms with Crippen LogP contribution in [0.3, 0.4) is 0 Å². The zero-order valence-electron chi connectivity index (χ0n) is 11.8. The van der Waals surface area contributed by atoms with Crippen molar-refractivity contribution in [1.82, 2.24) is 14.6 Å². The van der Waals surface area contributed by atoms with Gasteiger partial charge in [-0.2, -0.15) is 0 Å². The van der Waals surface area contributed by atoms with Crippen molar-refractivity contribution in [2.24, 2.45) is 0 Å². The van der Waals surface area contributed by atoms with Crippen LogP contribution in [0.2, 0.25) is 0 Å².